The van der Waals surface area contributed by atoms with Crippen molar-refractivity contribution in [2.45, 2.75) is 42.9 Å². The fourth-order valence-electron chi connectivity index (χ4n) is 2.54. The molecule has 0 bridgehead atoms. The van der Waals surface area contributed by atoms with Crippen molar-refractivity contribution in [3.63, 3.8) is 0 Å². The van der Waals surface area contributed by atoms with E-state index in [0.717, 1.165) is 17.7 Å². The summed E-state index contributed by atoms with van der Waals surface area (Å²) in [6.45, 7) is 6.89. The zero-order valence-corrected chi connectivity index (χ0v) is 15.4. The summed E-state index contributed by atoms with van der Waals surface area (Å²) in [6.07, 6.45) is 1.94. The number of hydrogen-bond acceptors (Lipinski definition) is 2. The van der Waals surface area contributed by atoms with Gasteiger partial charge in [-0.15, -0.1) is 0 Å². The van der Waals surface area contributed by atoms with E-state index in [1.54, 1.807) is 0 Å². The van der Waals surface area contributed by atoms with Gasteiger partial charge in [-0.25, -0.2) is 0 Å². The molecule has 0 unspecified atom stereocenters. The molecule has 0 N–H and O–H groups in total. The van der Waals surface area contributed by atoms with Crippen molar-refractivity contribution in [1.82, 2.24) is 0 Å². The van der Waals surface area contributed by atoms with Gasteiger partial charge in [-0.2, -0.15) is 0 Å². The first-order valence-corrected chi connectivity index (χ1v) is 12.2. The van der Waals surface area contributed by atoms with Gasteiger partial charge in [-0.3, -0.25) is 4.79 Å². The highest BCUT2D eigenvalue weighted by Gasteiger charge is 2.32. The molecule has 3 heteroatoms. The molecule has 0 aliphatic rings. The molecule has 0 aromatic heterocycles. The number of benzene rings is 2. The quantitative estimate of drug-likeness (QED) is 0.504. The largest absolute Gasteiger partial charge is 0.287 e. The Bertz CT molecular complexity index is 590. The van der Waals surface area contributed by atoms with Gasteiger partial charge in [0.2, 0.25) is 0 Å². The molecule has 0 amide bonds. The lowest BCUT2D eigenvalue weighted by molar-refractivity contribution is -0.111. The summed E-state index contributed by atoms with van der Waals surface area (Å²) >= 11 is 1.41. The highest BCUT2D eigenvalue weighted by Crippen LogP contribution is 2.35. The van der Waals surface area contributed by atoms with Crippen LogP contribution in [0.3, 0.4) is 0 Å². The molecule has 116 valence electrons. The van der Waals surface area contributed by atoms with Crippen molar-refractivity contribution >= 4 is 25.0 Å². The third-order valence-electron chi connectivity index (χ3n) is 3.86. The number of rotatable bonds is 6. The van der Waals surface area contributed by atoms with E-state index in [9.17, 15) is 4.79 Å². The average molecular weight is 329 g/mol. The Morgan fingerprint density at radius 2 is 1.50 bits per heavy atom. The maximum Gasteiger partial charge on any atom is 0.194 e. The second-order valence-electron chi connectivity index (χ2n) is 6.68. The summed E-state index contributed by atoms with van der Waals surface area (Å²) in [5.74, 6) is 0. The Labute approximate surface area is 139 Å². The van der Waals surface area contributed by atoms with E-state index in [1.807, 2.05) is 36.4 Å². The van der Waals surface area contributed by atoms with E-state index in [4.69, 9.17) is 0 Å². The molecule has 0 aliphatic carbocycles. The molecule has 2 aromatic rings. The molecule has 0 heterocycles. The van der Waals surface area contributed by atoms with Gasteiger partial charge < -0.3 is 0 Å². The highest BCUT2D eigenvalue weighted by molar-refractivity contribution is 8.14. The van der Waals surface area contributed by atoms with E-state index in [-0.39, 0.29) is 5.54 Å². The van der Waals surface area contributed by atoms with Crippen molar-refractivity contribution in [1.29, 1.82) is 0 Å². The van der Waals surface area contributed by atoms with Crippen molar-refractivity contribution in [2.24, 2.45) is 0 Å². The molecule has 1 atom stereocenters. The normalized spacial score (nSPS) is 12.9. The lowest BCUT2D eigenvalue weighted by Gasteiger charge is -2.27. The predicted molar refractivity (Wildman–Crippen MR) is 99.2 cm³/mol. The fourth-order valence-corrected chi connectivity index (χ4v) is 6.28. The van der Waals surface area contributed by atoms with Crippen LogP contribution in [-0.4, -0.2) is 13.2 Å². The van der Waals surface area contributed by atoms with E-state index < -0.39 is 8.07 Å². The zero-order chi connectivity index (χ0) is 16.0. The Hall–Kier alpha value is -1.32. The summed E-state index contributed by atoms with van der Waals surface area (Å²) < 4.78 is 0. The van der Waals surface area contributed by atoms with Gasteiger partial charge in [0.05, 0.1) is 8.07 Å². The molecular weight excluding hydrogens is 304 g/mol. The van der Waals surface area contributed by atoms with Crippen LogP contribution in [0.4, 0.5) is 0 Å². The average Bonchev–Trinajstić information content (AvgIpc) is 2.48. The van der Waals surface area contributed by atoms with Gasteiger partial charge in [-0.1, -0.05) is 79.9 Å². The number of hydrogen-bond donors (Lipinski definition) is 0. The van der Waals surface area contributed by atoms with Crippen LogP contribution in [0, 0.1) is 0 Å². The summed E-state index contributed by atoms with van der Waals surface area (Å²) in [4.78, 5) is 13.8. The van der Waals surface area contributed by atoms with E-state index >= 15 is 0 Å². The molecule has 0 spiro atoms. The van der Waals surface area contributed by atoms with Gasteiger partial charge in [0.25, 0.3) is 0 Å². The molecule has 0 saturated heterocycles. The molecule has 0 saturated carbocycles. The maximum atomic E-state index is 12.8. The molecule has 1 nitrogen and oxygen atoms in total. The van der Waals surface area contributed by atoms with Gasteiger partial charge >= 0.3 is 0 Å². The van der Waals surface area contributed by atoms with Crippen LogP contribution in [0.5, 0.6) is 0 Å². The third kappa shape index (κ3) is 5.15. The molecular formula is C19H24OSSi. The minimum absolute atomic E-state index is 0.193. The summed E-state index contributed by atoms with van der Waals surface area (Å²) in [6, 6.07) is 20.5. The summed E-state index contributed by atoms with van der Waals surface area (Å²) in [5.41, 5.74) is 1.51. The van der Waals surface area contributed by atoms with E-state index in [2.05, 4.69) is 43.9 Å². The van der Waals surface area contributed by atoms with E-state index in [1.165, 1.54) is 17.3 Å². The maximum absolute atomic E-state index is 12.8. The van der Waals surface area contributed by atoms with E-state index in [0.29, 0.717) is 5.12 Å². The second kappa shape index (κ2) is 7.79. The Balaban J connectivity index is 2.04. The van der Waals surface area contributed by atoms with Crippen molar-refractivity contribution in [3.8, 4) is 0 Å². The minimum atomic E-state index is -1.53. The lowest BCUT2D eigenvalue weighted by atomic mass is 10.1. The molecule has 0 radical (unpaired) electrons. The topological polar surface area (TPSA) is 17.1 Å². The third-order valence-corrected chi connectivity index (χ3v) is 7.70. The Morgan fingerprint density at radius 1 is 0.955 bits per heavy atom. The standard InChI is InChI=1S/C19H24OSSi/c1-22(2,3)18(15-14-16-10-6-4-7-11-16)19(20)21-17-12-8-5-9-13-17/h4-13,18H,14-15H2,1-3H3/t18-/m1/s1. The van der Waals surface area contributed by atoms with Crippen molar-refractivity contribution in [3.05, 3.63) is 66.2 Å². The molecule has 2 rings (SSSR count). The van der Waals surface area contributed by atoms with Crippen LogP contribution in [0.25, 0.3) is 0 Å². The first-order valence-electron chi connectivity index (χ1n) is 7.77. The van der Waals surface area contributed by atoms with Gasteiger partial charge in [-0.05, 0) is 30.5 Å². The second-order valence-corrected chi connectivity index (χ2v) is 13.2. The van der Waals surface area contributed by atoms with Crippen LogP contribution in [-0.2, 0) is 11.2 Å². The molecule has 0 aliphatic heterocycles. The summed E-state index contributed by atoms with van der Waals surface area (Å²) in [5, 5.41) is 0.335. The highest BCUT2D eigenvalue weighted by atomic mass is 32.2. The molecule has 0 fully saturated rings. The first-order chi connectivity index (χ1) is 10.5. The lowest BCUT2D eigenvalue weighted by Crippen LogP contribution is -2.33. The van der Waals surface area contributed by atoms with Crippen molar-refractivity contribution in [2.75, 3.05) is 0 Å². The van der Waals surface area contributed by atoms with Crippen LogP contribution in [0.2, 0.25) is 25.2 Å². The fraction of sp³-hybridized carbons (Fsp3) is 0.316. The van der Waals surface area contributed by atoms with Crippen LogP contribution in [0.1, 0.15) is 12.0 Å². The predicted octanol–water partition coefficient (Wildman–Crippen LogP) is 5.65. The van der Waals surface area contributed by atoms with Crippen LogP contribution in [0.15, 0.2) is 65.6 Å². The monoisotopic (exact) mass is 328 g/mol. The van der Waals surface area contributed by atoms with Gasteiger partial charge in [0.15, 0.2) is 5.12 Å². The number of carbonyl (C=O) groups excluding carboxylic acids is 1. The number of aryl methyl sites for hydroxylation is 1. The smallest absolute Gasteiger partial charge is 0.194 e. The SMILES string of the molecule is C[Si](C)(C)[C@H](CCc1ccccc1)C(=O)Sc1ccccc1. The van der Waals surface area contributed by atoms with Gasteiger partial charge in [0.1, 0.15) is 0 Å². The summed E-state index contributed by atoms with van der Waals surface area (Å²) in [7, 11) is -1.53. The minimum Gasteiger partial charge on any atom is -0.287 e. The molecule has 2 aromatic carbocycles. The number of carbonyl (C=O) groups is 1. The van der Waals surface area contributed by atoms with Crippen LogP contribution >= 0.6 is 11.8 Å². The molecule has 22 heavy (non-hydrogen) atoms. The number of thioether (sulfide) groups is 1. The van der Waals surface area contributed by atoms with Crippen molar-refractivity contribution < 1.29 is 4.79 Å². The van der Waals surface area contributed by atoms with Gasteiger partial charge in [0, 0.05) is 10.4 Å². The van der Waals surface area contributed by atoms with Crippen LogP contribution < -0.4 is 0 Å². The Morgan fingerprint density at radius 3 is 2.05 bits per heavy atom. The first kappa shape index (κ1) is 17.0. The zero-order valence-electron chi connectivity index (χ0n) is 13.6. The Kier molecular flexibility index (Phi) is 6.04.